The topological polar surface area (TPSA) is 18.5 Å². The second-order valence-corrected chi connectivity index (χ2v) is 6.60. The number of unbranched alkanes of at least 4 members (excludes halogenated alkanes) is 13. The van der Waals surface area contributed by atoms with Gasteiger partial charge in [0.2, 0.25) is 0 Å². The van der Waals surface area contributed by atoms with E-state index in [1.807, 2.05) is 0 Å². The Kier molecular flexibility index (Phi) is 21.0. The fourth-order valence-corrected chi connectivity index (χ4v) is 2.66. The minimum absolute atomic E-state index is 0.403. The van der Waals surface area contributed by atoms with Crippen LogP contribution in [0.4, 0.5) is 0 Å². The lowest BCUT2D eigenvalue weighted by molar-refractivity contribution is -0.0128. The molecule has 0 amide bonds. The first-order valence-electron chi connectivity index (χ1n) is 10.3. The van der Waals surface area contributed by atoms with Crippen molar-refractivity contribution in [3.8, 4) is 0 Å². The van der Waals surface area contributed by atoms with E-state index in [2.05, 4.69) is 19.9 Å². The molecular formula is C21H42O2. The zero-order valence-corrected chi connectivity index (χ0v) is 16.0. The van der Waals surface area contributed by atoms with E-state index in [9.17, 15) is 0 Å². The maximum atomic E-state index is 5.41. The molecule has 0 saturated heterocycles. The predicted octanol–water partition coefficient (Wildman–Crippen LogP) is 7.38. The maximum absolute atomic E-state index is 5.41. The summed E-state index contributed by atoms with van der Waals surface area (Å²) in [5.41, 5.74) is 0. The van der Waals surface area contributed by atoms with Gasteiger partial charge in [0.25, 0.3) is 0 Å². The third kappa shape index (κ3) is 21.5. The zero-order valence-electron chi connectivity index (χ0n) is 16.0. The van der Waals surface area contributed by atoms with Gasteiger partial charge in [0, 0.05) is 0 Å². The minimum atomic E-state index is 0.403. The van der Waals surface area contributed by atoms with Crippen LogP contribution in [0.1, 0.15) is 110 Å². The van der Waals surface area contributed by atoms with Crippen molar-refractivity contribution in [1.82, 2.24) is 0 Å². The molecule has 0 N–H and O–H groups in total. The molecule has 0 saturated carbocycles. The van der Waals surface area contributed by atoms with Crippen LogP contribution < -0.4 is 0 Å². The van der Waals surface area contributed by atoms with E-state index in [4.69, 9.17) is 9.47 Å². The average Bonchev–Trinajstić information content (AvgIpc) is 2.57. The van der Waals surface area contributed by atoms with Crippen LogP contribution in [0.2, 0.25) is 0 Å². The van der Waals surface area contributed by atoms with Crippen molar-refractivity contribution in [2.24, 2.45) is 0 Å². The SMILES string of the molecule is CCCCCCCCCCCCC=COCOCCCCCC. The molecule has 0 unspecified atom stereocenters. The van der Waals surface area contributed by atoms with Crippen molar-refractivity contribution in [2.45, 2.75) is 110 Å². The van der Waals surface area contributed by atoms with Crippen molar-refractivity contribution in [3.63, 3.8) is 0 Å². The molecule has 0 bridgehead atoms. The van der Waals surface area contributed by atoms with Gasteiger partial charge in [-0.2, -0.15) is 0 Å². The Labute approximate surface area is 146 Å². The van der Waals surface area contributed by atoms with Crippen LogP contribution in [0.3, 0.4) is 0 Å². The van der Waals surface area contributed by atoms with Crippen LogP contribution in [0, 0.1) is 0 Å². The third-order valence-corrected chi connectivity index (χ3v) is 4.21. The summed E-state index contributed by atoms with van der Waals surface area (Å²) >= 11 is 0. The molecule has 0 radical (unpaired) electrons. The summed E-state index contributed by atoms with van der Waals surface area (Å²) < 4.78 is 10.7. The van der Waals surface area contributed by atoms with Crippen molar-refractivity contribution >= 4 is 0 Å². The number of ether oxygens (including phenoxy) is 2. The molecule has 0 aromatic rings. The molecule has 2 heteroatoms. The Balaban J connectivity index is 3.03. The van der Waals surface area contributed by atoms with Gasteiger partial charge in [-0.05, 0) is 25.3 Å². The summed E-state index contributed by atoms with van der Waals surface area (Å²) in [5, 5.41) is 0. The molecule has 0 aliphatic carbocycles. The summed E-state index contributed by atoms with van der Waals surface area (Å²) in [4.78, 5) is 0. The lowest BCUT2D eigenvalue weighted by Gasteiger charge is -2.03. The maximum Gasteiger partial charge on any atom is 0.188 e. The summed E-state index contributed by atoms with van der Waals surface area (Å²) in [7, 11) is 0. The molecule has 0 heterocycles. The van der Waals surface area contributed by atoms with E-state index in [-0.39, 0.29) is 0 Å². The first-order valence-corrected chi connectivity index (χ1v) is 10.3. The van der Waals surface area contributed by atoms with Crippen molar-refractivity contribution in [2.75, 3.05) is 13.4 Å². The second kappa shape index (κ2) is 21.5. The normalized spacial score (nSPS) is 11.4. The van der Waals surface area contributed by atoms with Crippen LogP contribution in [-0.4, -0.2) is 13.4 Å². The van der Waals surface area contributed by atoms with Gasteiger partial charge in [-0.15, -0.1) is 0 Å². The monoisotopic (exact) mass is 326 g/mol. The molecule has 0 aliphatic heterocycles. The molecule has 0 aliphatic rings. The summed E-state index contributed by atoms with van der Waals surface area (Å²) in [6.07, 6.45) is 24.0. The largest absolute Gasteiger partial charge is 0.475 e. The Morgan fingerprint density at radius 2 is 1.13 bits per heavy atom. The molecule has 0 fully saturated rings. The Morgan fingerprint density at radius 1 is 0.609 bits per heavy atom. The summed E-state index contributed by atoms with van der Waals surface area (Å²) in [6.45, 7) is 5.73. The molecule has 0 aromatic carbocycles. The average molecular weight is 327 g/mol. The predicted molar refractivity (Wildman–Crippen MR) is 102 cm³/mol. The number of allylic oxidation sites excluding steroid dienone is 1. The van der Waals surface area contributed by atoms with Gasteiger partial charge >= 0.3 is 0 Å². The summed E-state index contributed by atoms with van der Waals surface area (Å²) in [5.74, 6) is 0. The molecule has 0 aromatic heterocycles. The molecular weight excluding hydrogens is 284 g/mol. The lowest BCUT2D eigenvalue weighted by Crippen LogP contribution is -1.97. The van der Waals surface area contributed by atoms with Crippen molar-refractivity contribution < 1.29 is 9.47 Å². The van der Waals surface area contributed by atoms with E-state index >= 15 is 0 Å². The number of hydrogen-bond donors (Lipinski definition) is 0. The molecule has 0 atom stereocenters. The fraction of sp³-hybridized carbons (Fsp3) is 0.905. The van der Waals surface area contributed by atoms with Gasteiger partial charge in [0.05, 0.1) is 12.9 Å². The van der Waals surface area contributed by atoms with E-state index in [1.165, 1.54) is 83.5 Å². The highest BCUT2D eigenvalue weighted by molar-refractivity contribution is 4.72. The Bertz CT molecular complexity index is 226. The zero-order chi connectivity index (χ0) is 16.8. The smallest absolute Gasteiger partial charge is 0.188 e. The molecule has 138 valence electrons. The van der Waals surface area contributed by atoms with Crippen LogP contribution in [0.15, 0.2) is 12.3 Å². The Morgan fingerprint density at radius 3 is 1.74 bits per heavy atom. The first-order chi connectivity index (χ1) is 11.4. The van der Waals surface area contributed by atoms with Gasteiger partial charge in [-0.1, -0.05) is 90.9 Å². The van der Waals surface area contributed by atoms with E-state index < -0.39 is 0 Å². The highest BCUT2D eigenvalue weighted by atomic mass is 16.7. The van der Waals surface area contributed by atoms with Gasteiger partial charge in [0.1, 0.15) is 0 Å². The van der Waals surface area contributed by atoms with Crippen LogP contribution in [0.5, 0.6) is 0 Å². The molecule has 23 heavy (non-hydrogen) atoms. The van der Waals surface area contributed by atoms with E-state index in [0.29, 0.717) is 6.79 Å². The minimum Gasteiger partial charge on any atom is -0.475 e. The fourth-order valence-electron chi connectivity index (χ4n) is 2.66. The van der Waals surface area contributed by atoms with Crippen molar-refractivity contribution in [1.29, 1.82) is 0 Å². The van der Waals surface area contributed by atoms with Crippen LogP contribution in [-0.2, 0) is 9.47 Å². The van der Waals surface area contributed by atoms with Crippen LogP contribution in [0.25, 0.3) is 0 Å². The molecule has 2 nitrogen and oxygen atoms in total. The number of rotatable bonds is 19. The van der Waals surface area contributed by atoms with E-state index in [0.717, 1.165) is 19.4 Å². The Hall–Kier alpha value is -0.500. The van der Waals surface area contributed by atoms with Gasteiger partial charge in [0.15, 0.2) is 6.79 Å². The highest BCUT2D eigenvalue weighted by Gasteiger charge is 1.92. The van der Waals surface area contributed by atoms with Crippen molar-refractivity contribution in [3.05, 3.63) is 12.3 Å². The molecule has 0 spiro atoms. The van der Waals surface area contributed by atoms with Crippen LogP contribution >= 0.6 is 0 Å². The lowest BCUT2D eigenvalue weighted by atomic mass is 10.1. The van der Waals surface area contributed by atoms with Gasteiger partial charge in [-0.25, -0.2) is 0 Å². The highest BCUT2D eigenvalue weighted by Crippen LogP contribution is 2.11. The number of hydrogen-bond acceptors (Lipinski definition) is 2. The van der Waals surface area contributed by atoms with Gasteiger partial charge < -0.3 is 9.47 Å². The first kappa shape index (κ1) is 22.5. The summed E-state index contributed by atoms with van der Waals surface area (Å²) in [6, 6.07) is 0. The standard InChI is InChI=1S/C21H42O2/c1-3-5-7-9-10-11-12-13-14-15-16-18-20-23-21-22-19-17-8-6-4-2/h18,20H,3-17,19,21H2,1-2H3. The second-order valence-electron chi connectivity index (χ2n) is 6.60. The third-order valence-electron chi connectivity index (χ3n) is 4.21. The van der Waals surface area contributed by atoms with E-state index in [1.54, 1.807) is 6.26 Å². The van der Waals surface area contributed by atoms with Gasteiger partial charge in [-0.3, -0.25) is 0 Å². The molecule has 0 rings (SSSR count). The quantitative estimate of drug-likeness (QED) is 0.140.